The molecule has 0 aliphatic heterocycles. The number of rotatable bonds is 3. The Labute approximate surface area is 89.9 Å². The maximum absolute atomic E-state index is 7.70. The zero-order valence-corrected chi connectivity index (χ0v) is 9.25. The summed E-state index contributed by atoms with van der Waals surface area (Å²) < 4.78 is 0. The number of hydrogen-bond acceptors (Lipinski definition) is 2. The Hall–Kier alpha value is -0.470. The first-order valence-corrected chi connectivity index (χ1v) is 5.10. The number of halogens is 1. The normalized spacial score (nSPS) is 9.00. The Morgan fingerprint density at radius 2 is 1.92 bits per heavy atom. The molecule has 0 saturated heterocycles. The fraction of sp³-hybridized carbons (Fsp3) is 0.300. The van der Waals surface area contributed by atoms with Gasteiger partial charge in [-0.3, -0.25) is 5.41 Å². The molecule has 0 unspecified atom stereocenters. The van der Waals surface area contributed by atoms with Crippen LogP contribution in [0.1, 0.15) is 18.9 Å². The summed E-state index contributed by atoms with van der Waals surface area (Å²) >= 11 is 1.61. The quantitative estimate of drug-likeness (QED) is 0.605. The fourth-order valence-corrected chi connectivity index (χ4v) is 1.59. The molecule has 1 aromatic rings. The van der Waals surface area contributed by atoms with Crippen molar-refractivity contribution in [1.82, 2.24) is 0 Å². The van der Waals surface area contributed by atoms with Gasteiger partial charge in [-0.1, -0.05) is 37.3 Å². The molecule has 0 bridgehead atoms. The Morgan fingerprint density at radius 1 is 1.31 bits per heavy atom. The number of hydrogen-bond donors (Lipinski definition) is 1. The highest BCUT2D eigenvalue weighted by Crippen LogP contribution is 2.12. The van der Waals surface area contributed by atoms with Gasteiger partial charge in [0.25, 0.3) is 0 Å². The SMILES string of the molecule is CCCSC(=N)c1ccccc1.Cl. The maximum Gasteiger partial charge on any atom is 0.0942 e. The molecule has 0 aliphatic carbocycles. The summed E-state index contributed by atoms with van der Waals surface area (Å²) in [6.45, 7) is 2.13. The third-order valence-corrected chi connectivity index (χ3v) is 2.62. The summed E-state index contributed by atoms with van der Waals surface area (Å²) in [6, 6.07) is 9.87. The van der Waals surface area contributed by atoms with Crippen molar-refractivity contribution in [1.29, 1.82) is 5.41 Å². The second-order valence-electron chi connectivity index (χ2n) is 2.54. The predicted molar refractivity (Wildman–Crippen MR) is 63.3 cm³/mol. The highest BCUT2D eigenvalue weighted by Gasteiger charge is 1.98. The van der Waals surface area contributed by atoms with Gasteiger partial charge in [0.1, 0.15) is 0 Å². The number of benzene rings is 1. The molecule has 72 valence electrons. The molecule has 0 fully saturated rings. The second-order valence-corrected chi connectivity index (χ2v) is 3.65. The van der Waals surface area contributed by atoms with Crippen LogP contribution in [0.4, 0.5) is 0 Å². The van der Waals surface area contributed by atoms with E-state index in [0.717, 1.165) is 17.7 Å². The first-order valence-electron chi connectivity index (χ1n) is 4.11. The number of thioether (sulfide) groups is 1. The molecule has 13 heavy (non-hydrogen) atoms. The Kier molecular flexibility index (Phi) is 6.73. The summed E-state index contributed by atoms with van der Waals surface area (Å²) in [7, 11) is 0. The second kappa shape index (κ2) is 6.98. The third kappa shape index (κ3) is 4.34. The fourth-order valence-electron chi connectivity index (χ4n) is 0.877. The molecule has 0 spiro atoms. The van der Waals surface area contributed by atoms with Gasteiger partial charge < -0.3 is 0 Å². The zero-order valence-electron chi connectivity index (χ0n) is 7.62. The third-order valence-electron chi connectivity index (χ3n) is 1.49. The van der Waals surface area contributed by atoms with E-state index in [9.17, 15) is 0 Å². The van der Waals surface area contributed by atoms with Crippen LogP contribution in [0.15, 0.2) is 30.3 Å². The molecule has 1 nitrogen and oxygen atoms in total. The molecule has 0 saturated carbocycles. The molecule has 1 aromatic carbocycles. The van der Waals surface area contributed by atoms with Gasteiger partial charge >= 0.3 is 0 Å². The molecular weight excluding hydrogens is 202 g/mol. The molecule has 0 atom stereocenters. The summed E-state index contributed by atoms with van der Waals surface area (Å²) in [5, 5.41) is 8.37. The van der Waals surface area contributed by atoms with Crippen LogP contribution >= 0.6 is 24.2 Å². The molecule has 0 aliphatic rings. The van der Waals surface area contributed by atoms with Crippen LogP contribution in [-0.2, 0) is 0 Å². The van der Waals surface area contributed by atoms with Crippen molar-refractivity contribution in [3.63, 3.8) is 0 Å². The van der Waals surface area contributed by atoms with Gasteiger partial charge in [0.2, 0.25) is 0 Å². The van der Waals surface area contributed by atoms with E-state index in [1.165, 1.54) is 0 Å². The molecule has 3 heteroatoms. The van der Waals surface area contributed by atoms with E-state index in [0.29, 0.717) is 5.04 Å². The molecule has 0 aromatic heterocycles. The lowest BCUT2D eigenvalue weighted by molar-refractivity contribution is 1.11. The van der Waals surface area contributed by atoms with Crippen LogP contribution < -0.4 is 0 Å². The summed E-state index contributed by atoms with van der Waals surface area (Å²) in [4.78, 5) is 0. The smallest absolute Gasteiger partial charge is 0.0942 e. The standard InChI is InChI=1S/C10H13NS.ClH/c1-2-8-12-10(11)9-6-4-3-5-7-9;/h3-7,11H,2,8H2,1H3;1H. The van der Waals surface area contributed by atoms with Crippen molar-refractivity contribution in [2.24, 2.45) is 0 Å². The molecule has 0 heterocycles. The van der Waals surface area contributed by atoms with Crippen molar-refractivity contribution < 1.29 is 0 Å². The largest absolute Gasteiger partial charge is 0.293 e. The van der Waals surface area contributed by atoms with Crippen molar-refractivity contribution in [2.45, 2.75) is 13.3 Å². The highest BCUT2D eigenvalue weighted by atomic mass is 35.5. The lowest BCUT2D eigenvalue weighted by Crippen LogP contribution is -1.93. The summed E-state index contributed by atoms with van der Waals surface area (Å²) in [5.74, 6) is 1.04. The Balaban J connectivity index is 0.00000144. The van der Waals surface area contributed by atoms with E-state index in [4.69, 9.17) is 5.41 Å². The van der Waals surface area contributed by atoms with Crippen molar-refractivity contribution in [2.75, 3.05) is 5.75 Å². The Bertz CT molecular complexity index is 248. The van der Waals surface area contributed by atoms with Crippen molar-refractivity contribution in [3.8, 4) is 0 Å². The summed E-state index contributed by atoms with van der Waals surface area (Å²) in [5.41, 5.74) is 1.02. The van der Waals surface area contributed by atoms with Gasteiger partial charge in [-0.05, 0) is 12.2 Å². The van der Waals surface area contributed by atoms with Gasteiger partial charge in [0.15, 0.2) is 0 Å². The lowest BCUT2D eigenvalue weighted by Gasteiger charge is -2.00. The van der Waals surface area contributed by atoms with Crippen LogP contribution in [0.2, 0.25) is 0 Å². The van der Waals surface area contributed by atoms with Gasteiger partial charge in [-0.25, -0.2) is 0 Å². The minimum atomic E-state index is 0. The van der Waals surface area contributed by atoms with Gasteiger partial charge in [0, 0.05) is 5.56 Å². The Morgan fingerprint density at radius 3 is 2.46 bits per heavy atom. The average molecular weight is 216 g/mol. The van der Waals surface area contributed by atoms with Crippen molar-refractivity contribution >= 4 is 29.2 Å². The van der Waals surface area contributed by atoms with E-state index in [1.807, 2.05) is 30.3 Å². The maximum atomic E-state index is 7.70. The molecule has 1 rings (SSSR count). The van der Waals surface area contributed by atoms with Crippen LogP contribution in [0.5, 0.6) is 0 Å². The van der Waals surface area contributed by atoms with Crippen LogP contribution in [0.3, 0.4) is 0 Å². The molecule has 0 amide bonds. The lowest BCUT2D eigenvalue weighted by atomic mass is 10.2. The van der Waals surface area contributed by atoms with E-state index in [1.54, 1.807) is 11.8 Å². The van der Waals surface area contributed by atoms with Crippen LogP contribution in [0.25, 0.3) is 0 Å². The summed E-state index contributed by atoms with van der Waals surface area (Å²) in [6.07, 6.45) is 1.12. The molecular formula is C10H14ClNS. The minimum Gasteiger partial charge on any atom is -0.293 e. The van der Waals surface area contributed by atoms with E-state index >= 15 is 0 Å². The zero-order chi connectivity index (χ0) is 8.81. The first kappa shape index (κ1) is 12.5. The topological polar surface area (TPSA) is 23.9 Å². The van der Waals surface area contributed by atoms with Crippen LogP contribution in [0, 0.1) is 5.41 Å². The number of nitrogens with one attached hydrogen (secondary N) is 1. The van der Waals surface area contributed by atoms with Gasteiger partial charge in [-0.15, -0.1) is 24.2 Å². The van der Waals surface area contributed by atoms with Crippen molar-refractivity contribution in [3.05, 3.63) is 35.9 Å². The predicted octanol–water partition coefficient (Wildman–Crippen LogP) is 3.58. The van der Waals surface area contributed by atoms with Crippen LogP contribution in [-0.4, -0.2) is 10.8 Å². The van der Waals surface area contributed by atoms with E-state index < -0.39 is 0 Å². The first-order chi connectivity index (χ1) is 5.84. The molecule has 0 radical (unpaired) electrons. The van der Waals surface area contributed by atoms with Gasteiger partial charge in [-0.2, -0.15) is 0 Å². The average Bonchev–Trinajstić information content (AvgIpc) is 2.15. The van der Waals surface area contributed by atoms with E-state index in [2.05, 4.69) is 6.92 Å². The minimum absolute atomic E-state index is 0. The molecule has 1 N–H and O–H groups in total. The van der Waals surface area contributed by atoms with E-state index in [-0.39, 0.29) is 12.4 Å². The van der Waals surface area contributed by atoms with Gasteiger partial charge in [0.05, 0.1) is 5.04 Å². The highest BCUT2D eigenvalue weighted by molar-refractivity contribution is 8.14. The monoisotopic (exact) mass is 215 g/mol.